The molecule has 2 rings (SSSR count). The van der Waals surface area contributed by atoms with Crippen LogP contribution in [-0.2, 0) is 0 Å². The molecule has 0 saturated heterocycles. The van der Waals surface area contributed by atoms with Gasteiger partial charge in [0.05, 0.1) is 14.2 Å². The standard InChI is InChI=1S/C20H16N2O2/c1-23-17-9-11-20(24-2)19(12-17)18(16(13-21)14-22)10-8-15-6-4-3-5-7-15/h3-12H,1-2H3/b10-8+. The molecule has 2 aromatic carbocycles. The van der Waals surface area contributed by atoms with Crippen LogP contribution in [0.2, 0.25) is 0 Å². The zero-order valence-corrected chi connectivity index (χ0v) is 13.5. The van der Waals surface area contributed by atoms with Gasteiger partial charge >= 0.3 is 0 Å². The molecule has 0 aliphatic heterocycles. The minimum absolute atomic E-state index is 0.00809. The van der Waals surface area contributed by atoms with Gasteiger partial charge in [0.25, 0.3) is 0 Å². The first-order valence-corrected chi connectivity index (χ1v) is 7.23. The SMILES string of the molecule is COc1ccc(OC)c(C(/C=C/c2ccccc2)=C(C#N)C#N)c1. The third-order valence-corrected chi connectivity index (χ3v) is 3.43. The van der Waals surface area contributed by atoms with Crippen LogP contribution in [0.25, 0.3) is 11.6 Å². The summed E-state index contributed by atoms with van der Waals surface area (Å²) in [6, 6.07) is 18.8. The Labute approximate surface area is 141 Å². The predicted molar refractivity (Wildman–Crippen MR) is 93.2 cm³/mol. The lowest BCUT2D eigenvalue weighted by molar-refractivity contribution is 0.402. The van der Waals surface area contributed by atoms with Crippen LogP contribution in [0.1, 0.15) is 11.1 Å². The van der Waals surface area contributed by atoms with Gasteiger partial charge in [0.15, 0.2) is 0 Å². The average molecular weight is 316 g/mol. The highest BCUT2D eigenvalue weighted by molar-refractivity contribution is 5.88. The summed E-state index contributed by atoms with van der Waals surface area (Å²) < 4.78 is 10.6. The van der Waals surface area contributed by atoms with Crippen LogP contribution in [-0.4, -0.2) is 14.2 Å². The summed E-state index contributed by atoms with van der Waals surface area (Å²) in [5.74, 6) is 1.18. The number of benzene rings is 2. The number of rotatable bonds is 5. The first-order valence-electron chi connectivity index (χ1n) is 7.23. The van der Waals surface area contributed by atoms with Crippen LogP contribution in [0, 0.1) is 22.7 Å². The molecule has 0 atom stereocenters. The molecule has 4 nitrogen and oxygen atoms in total. The molecule has 0 N–H and O–H groups in total. The molecule has 0 heterocycles. The van der Waals surface area contributed by atoms with Crippen LogP contribution < -0.4 is 9.47 Å². The van der Waals surface area contributed by atoms with Crippen molar-refractivity contribution >= 4 is 11.6 Å². The molecule has 0 saturated carbocycles. The van der Waals surface area contributed by atoms with E-state index in [-0.39, 0.29) is 5.57 Å². The van der Waals surface area contributed by atoms with E-state index < -0.39 is 0 Å². The molecule has 0 aromatic heterocycles. The normalized spacial score (nSPS) is 9.83. The lowest BCUT2D eigenvalue weighted by Gasteiger charge is -2.11. The van der Waals surface area contributed by atoms with Crippen LogP contribution in [0.3, 0.4) is 0 Å². The fourth-order valence-corrected chi connectivity index (χ4v) is 2.22. The quantitative estimate of drug-likeness (QED) is 0.612. The minimum atomic E-state index is 0.00809. The van der Waals surface area contributed by atoms with Crippen LogP contribution in [0.4, 0.5) is 0 Å². The van der Waals surface area contributed by atoms with Crippen molar-refractivity contribution in [2.24, 2.45) is 0 Å². The fraction of sp³-hybridized carbons (Fsp3) is 0.100. The molecule has 0 unspecified atom stereocenters. The Morgan fingerprint density at radius 1 is 0.958 bits per heavy atom. The highest BCUT2D eigenvalue weighted by atomic mass is 16.5. The van der Waals surface area contributed by atoms with Crippen molar-refractivity contribution in [2.75, 3.05) is 14.2 Å². The average Bonchev–Trinajstić information content (AvgIpc) is 2.65. The van der Waals surface area contributed by atoms with E-state index in [0.717, 1.165) is 5.56 Å². The molecule has 0 radical (unpaired) electrons. The maximum Gasteiger partial charge on any atom is 0.137 e. The maximum absolute atomic E-state index is 9.31. The van der Waals surface area contributed by atoms with E-state index in [1.54, 1.807) is 38.5 Å². The Hall–Kier alpha value is -3.50. The lowest BCUT2D eigenvalue weighted by atomic mass is 9.98. The van der Waals surface area contributed by atoms with Crippen molar-refractivity contribution in [1.82, 2.24) is 0 Å². The van der Waals surface area contributed by atoms with E-state index in [0.29, 0.717) is 22.6 Å². The van der Waals surface area contributed by atoms with Gasteiger partial charge in [0, 0.05) is 11.1 Å². The summed E-state index contributed by atoms with van der Waals surface area (Å²) in [5, 5.41) is 18.6. The lowest BCUT2D eigenvalue weighted by Crippen LogP contribution is -1.94. The number of ether oxygens (including phenoxy) is 2. The van der Waals surface area contributed by atoms with E-state index in [1.807, 2.05) is 48.5 Å². The summed E-state index contributed by atoms with van der Waals surface area (Å²) >= 11 is 0. The minimum Gasteiger partial charge on any atom is -0.497 e. The second-order valence-corrected chi connectivity index (χ2v) is 4.82. The maximum atomic E-state index is 9.31. The number of hydrogen-bond donors (Lipinski definition) is 0. The molecule has 0 spiro atoms. The van der Waals surface area contributed by atoms with Crippen molar-refractivity contribution in [1.29, 1.82) is 10.5 Å². The summed E-state index contributed by atoms with van der Waals surface area (Å²) in [4.78, 5) is 0. The summed E-state index contributed by atoms with van der Waals surface area (Å²) in [6.45, 7) is 0. The van der Waals surface area contributed by atoms with Gasteiger partial charge in [-0.15, -0.1) is 0 Å². The molecule has 0 aliphatic rings. The predicted octanol–water partition coefficient (Wildman–Crippen LogP) is 4.22. The third kappa shape index (κ3) is 3.82. The molecular weight excluding hydrogens is 300 g/mol. The summed E-state index contributed by atoms with van der Waals surface area (Å²) in [6.07, 6.45) is 3.59. The van der Waals surface area contributed by atoms with Gasteiger partial charge in [-0.05, 0) is 23.8 Å². The van der Waals surface area contributed by atoms with Crippen LogP contribution in [0.5, 0.6) is 11.5 Å². The summed E-state index contributed by atoms with van der Waals surface area (Å²) in [5.41, 5.74) is 2.09. The molecule has 0 bridgehead atoms. The van der Waals surface area contributed by atoms with E-state index >= 15 is 0 Å². The first kappa shape index (κ1) is 16.9. The topological polar surface area (TPSA) is 66.0 Å². The van der Waals surface area contributed by atoms with E-state index in [2.05, 4.69) is 0 Å². The molecular formula is C20H16N2O2. The van der Waals surface area contributed by atoms with Crippen LogP contribution >= 0.6 is 0 Å². The van der Waals surface area contributed by atoms with Gasteiger partial charge in [-0.3, -0.25) is 0 Å². The van der Waals surface area contributed by atoms with Crippen molar-refractivity contribution in [3.8, 4) is 23.6 Å². The number of hydrogen-bond acceptors (Lipinski definition) is 4. The van der Waals surface area contributed by atoms with Crippen molar-refractivity contribution in [3.05, 3.63) is 71.3 Å². The highest BCUT2D eigenvalue weighted by Gasteiger charge is 2.13. The van der Waals surface area contributed by atoms with E-state index in [9.17, 15) is 10.5 Å². The van der Waals surface area contributed by atoms with Crippen molar-refractivity contribution in [2.45, 2.75) is 0 Å². The Morgan fingerprint density at radius 2 is 1.67 bits per heavy atom. The second kappa shape index (κ2) is 8.22. The largest absolute Gasteiger partial charge is 0.497 e. The monoisotopic (exact) mass is 316 g/mol. The van der Waals surface area contributed by atoms with Gasteiger partial charge in [0.1, 0.15) is 29.2 Å². The smallest absolute Gasteiger partial charge is 0.137 e. The Morgan fingerprint density at radius 3 is 2.25 bits per heavy atom. The van der Waals surface area contributed by atoms with Gasteiger partial charge < -0.3 is 9.47 Å². The second-order valence-electron chi connectivity index (χ2n) is 4.82. The zero-order valence-electron chi connectivity index (χ0n) is 13.5. The first-order chi connectivity index (χ1) is 11.7. The number of methoxy groups -OCH3 is 2. The molecule has 24 heavy (non-hydrogen) atoms. The molecule has 118 valence electrons. The molecule has 4 heteroatoms. The van der Waals surface area contributed by atoms with E-state index in [1.165, 1.54) is 0 Å². The Kier molecular flexibility index (Phi) is 5.77. The van der Waals surface area contributed by atoms with E-state index in [4.69, 9.17) is 9.47 Å². The Bertz CT molecular complexity index is 837. The van der Waals surface area contributed by atoms with Gasteiger partial charge in [-0.1, -0.05) is 42.5 Å². The Balaban J connectivity index is 2.62. The fourth-order valence-electron chi connectivity index (χ4n) is 2.22. The van der Waals surface area contributed by atoms with Gasteiger partial charge in [0.2, 0.25) is 0 Å². The number of nitrogens with zero attached hydrogens (tertiary/aromatic N) is 2. The third-order valence-electron chi connectivity index (χ3n) is 3.43. The highest BCUT2D eigenvalue weighted by Crippen LogP contribution is 2.33. The van der Waals surface area contributed by atoms with Crippen molar-refractivity contribution in [3.63, 3.8) is 0 Å². The van der Waals surface area contributed by atoms with Crippen LogP contribution in [0.15, 0.2) is 60.2 Å². The number of nitriles is 2. The van der Waals surface area contributed by atoms with Gasteiger partial charge in [-0.2, -0.15) is 10.5 Å². The van der Waals surface area contributed by atoms with Gasteiger partial charge in [-0.25, -0.2) is 0 Å². The number of allylic oxidation sites excluding steroid dienone is 3. The summed E-state index contributed by atoms with van der Waals surface area (Å²) in [7, 11) is 3.10. The molecule has 0 aliphatic carbocycles. The molecule has 2 aromatic rings. The van der Waals surface area contributed by atoms with Crippen molar-refractivity contribution < 1.29 is 9.47 Å². The zero-order chi connectivity index (χ0) is 17.4. The molecule has 0 fully saturated rings. The molecule has 0 amide bonds.